The maximum absolute atomic E-state index is 13.3. The molecule has 1 aliphatic heterocycles. The van der Waals surface area contributed by atoms with Gasteiger partial charge in [0.2, 0.25) is 15.9 Å². The first kappa shape index (κ1) is 30.6. The van der Waals surface area contributed by atoms with Crippen LogP contribution in [0, 0.1) is 11.2 Å². The third-order valence-corrected chi connectivity index (χ3v) is 8.90. The highest BCUT2D eigenvalue weighted by Crippen LogP contribution is 2.31. The Bertz CT molecular complexity index is 1400. The van der Waals surface area contributed by atoms with Gasteiger partial charge in [-0.25, -0.2) is 12.8 Å². The van der Waals surface area contributed by atoms with Crippen LogP contribution in [0.4, 0.5) is 17.6 Å². The molecule has 2 aromatic rings. The number of hydrogen-bond donors (Lipinski definition) is 2. The second-order valence-electron chi connectivity index (χ2n) is 8.77. The van der Waals surface area contributed by atoms with Gasteiger partial charge in [-0.2, -0.15) is 17.5 Å². The monoisotopic (exact) mass is 631 g/mol. The van der Waals surface area contributed by atoms with Crippen LogP contribution in [0.25, 0.3) is 5.57 Å². The Hall–Kier alpha value is -2.97. The van der Waals surface area contributed by atoms with Crippen molar-refractivity contribution in [1.29, 1.82) is 5.41 Å². The molecule has 0 spiro atoms. The summed E-state index contributed by atoms with van der Waals surface area (Å²) in [6.45, 7) is 2.96. The number of allylic oxidation sites excluding steroid dienone is 1. The molecule has 210 valence electrons. The zero-order valence-corrected chi connectivity index (χ0v) is 23.4. The Morgan fingerprint density at radius 2 is 1.95 bits per heavy atom. The van der Waals surface area contributed by atoms with E-state index in [0.717, 1.165) is 41.0 Å². The molecule has 2 N–H and O–H groups in total. The molecule has 0 radical (unpaired) electrons. The summed E-state index contributed by atoms with van der Waals surface area (Å²) in [6.07, 6.45) is -1.09. The summed E-state index contributed by atoms with van der Waals surface area (Å²) in [5.74, 6) is -1.13. The predicted molar refractivity (Wildman–Crippen MR) is 142 cm³/mol. The van der Waals surface area contributed by atoms with Crippen LogP contribution < -0.4 is 5.32 Å². The van der Waals surface area contributed by atoms with Crippen LogP contribution in [-0.2, 0) is 21.4 Å². The molecule has 1 aliphatic rings. The Morgan fingerprint density at radius 3 is 2.54 bits per heavy atom. The summed E-state index contributed by atoms with van der Waals surface area (Å²) < 4.78 is 80.4. The number of pyridine rings is 1. The van der Waals surface area contributed by atoms with Crippen molar-refractivity contribution in [2.24, 2.45) is 4.99 Å². The van der Waals surface area contributed by atoms with Crippen LogP contribution in [0.5, 0.6) is 0 Å². The molecular formula is C25H26BrF4N5O3S. The van der Waals surface area contributed by atoms with Gasteiger partial charge in [-0.05, 0) is 78.0 Å². The summed E-state index contributed by atoms with van der Waals surface area (Å²) >= 11 is 3.32. The number of amides is 1. The fourth-order valence-corrected chi connectivity index (χ4v) is 6.30. The van der Waals surface area contributed by atoms with E-state index in [2.05, 4.69) is 31.2 Å². The van der Waals surface area contributed by atoms with Gasteiger partial charge in [-0.3, -0.25) is 14.8 Å². The van der Waals surface area contributed by atoms with Gasteiger partial charge in [0.05, 0.1) is 10.6 Å². The van der Waals surface area contributed by atoms with Crippen molar-refractivity contribution in [3.05, 3.63) is 64.3 Å². The minimum Gasteiger partial charge on any atom is -0.351 e. The van der Waals surface area contributed by atoms with Crippen LogP contribution in [-0.4, -0.2) is 53.8 Å². The number of rotatable bonds is 9. The summed E-state index contributed by atoms with van der Waals surface area (Å²) in [4.78, 5) is 20.6. The fraction of sp³-hybridized carbons (Fsp3) is 0.360. The number of alkyl halides is 3. The summed E-state index contributed by atoms with van der Waals surface area (Å²) in [5.41, 5.74) is -0.326. The number of aliphatic imine (C=N–C) groups is 1. The molecule has 1 amide bonds. The molecule has 1 aromatic heterocycles. The fourth-order valence-electron chi connectivity index (χ4n) is 4.10. The van der Waals surface area contributed by atoms with Crippen LogP contribution in [0.2, 0.25) is 0 Å². The van der Waals surface area contributed by atoms with E-state index in [-0.39, 0.29) is 35.5 Å². The van der Waals surface area contributed by atoms with Crippen molar-refractivity contribution < 1.29 is 30.8 Å². The van der Waals surface area contributed by atoms with E-state index in [0.29, 0.717) is 16.5 Å². The normalized spacial score (nSPS) is 19.3. The highest BCUT2D eigenvalue weighted by molar-refractivity contribution is 9.10. The maximum Gasteiger partial charge on any atom is 0.429 e. The van der Waals surface area contributed by atoms with E-state index >= 15 is 0 Å². The average Bonchev–Trinajstić information content (AvgIpc) is 3.28. The van der Waals surface area contributed by atoms with Gasteiger partial charge < -0.3 is 10.7 Å². The molecule has 8 nitrogen and oxygen atoms in total. The zero-order valence-electron chi connectivity index (χ0n) is 21.0. The lowest BCUT2D eigenvalue weighted by Gasteiger charge is -2.27. The SMILES string of the molecule is CCC(=N/C=C(\C=N)c1cc(CNC(=O)C2CCC(C)N2S(=O)(=O)c2ccc(F)cc2)c(Br)cn1)C(F)(F)F. The van der Waals surface area contributed by atoms with E-state index in [1.54, 1.807) is 6.92 Å². The lowest BCUT2D eigenvalue weighted by atomic mass is 10.1. The van der Waals surface area contributed by atoms with Crippen molar-refractivity contribution in [2.75, 3.05) is 0 Å². The first-order valence-electron chi connectivity index (χ1n) is 11.9. The molecule has 2 heterocycles. The Morgan fingerprint density at radius 1 is 1.28 bits per heavy atom. The van der Waals surface area contributed by atoms with E-state index in [4.69, 9.17) is 5.41 Å². The third kappa shape index (κ3) is 7.17. The van der Waals surface area contributed by atoms with Crippen molar-refractivity contribution in [1.82, 2.24) is 14.6 Å². The first-order valence-corrected chi connectivity index (χ1v) is 14.1. The maximum atomic E-state index is 13.3. The number of nitrogens with one attached hydrogen (secondary N) is 2. The minimum absolute atomic E-state index is 0.0199. The molecule has 39 heavy (non-hydrogen) atoms. The van der Waals surface area contributed by atoms with E-state index in [9.17, 15) is 30.8 Å². The molecular weight excluding hydrogens is 606 g/mol. The summed E-state index contributed by atoms with van der Waals surface area (Å²) in [5, 5.41) is 10.3. The molecule has 1 aromatic carbocycles. The smallest absolute Gasteiger partial charge is 0.351 e. The van der Waals surface area contributed by atoms with Crippen LogP contribution in [0.3, 0.4) is 0 Å². The Kier molecular flexibility index (Phi) is 9.78. The lowest BCUT2D eigenvalue weighted by Crippen LogP contribution is -2.48. The molecule has 3 rings (SSSR count). The number of aromatic nitrogens is 1. The van der Waals surface area contributed by atoms with Crippen LogP contribution in [0.15, 0.2) is 57.1 Å². The van der Waals surface area contributed by atoms with E-state index < -0.39 is 45.7 Å². The van der Waals surface area contributed by atoms with Gasteiger partial charge in [0.15, 0.2) is 0 Å². The van der Waals surface area contributed by atoms with Crippen LogP contribution >= 0.6 is 15.9 Å². The molecule has 1 fully saturated rings. The Balaban J connectivity index is 1.81. The Labute approximate surface area is 231 Å². The molecule has 1 saturated heterocycles. The number of sulfonamides is 1. The molecule has 2 unspecified atom stereocenters. The highest BCUT2D eigenvalue weighted by atomic mass is 79.9. The molecule has 0 bridgehead atoms. The topological polar surface area (TPSA) is 116 Å². The van der Waals surface area contributed by atoms with Crippen molar-refractivity contribution >= 4 is 49.4 Å². The second-order valence-corrected chi connectivity index (χ2v) is 11.5. The summed E-state index contributed by atoms with van der Waals surface area (Å²) in [7, 11) is -4.08. The van der Waals surface area contributed by atoms with Gasteiger partial charge in [-0.15, -0.1) is 0 Å². The van der Waals surface area contributed by atoms with Crippen molar-refractivity contribution in [3.63, 3.8) is 0 Å². The number of nitrogens with zero attached hydrogens (tertiary/aromatic N) is 3. The number of hydrogen-bond acceptors (Lipinski definition) is 6. The molecule has 2 atom stereocenters. The number of benzene rings is 1. The third-order valence-electron chi connectivity index (χ3n) is 6.15. The van der Waals surface area contributed by atoms with Gasteiger partial charge in [-0.1, -0.05) is 6.92 Å². The van der Waals surface area contributed by atoms with Gasteiger partial charge in [0, 0.05) is 41.2 Å². The molecule has 0 aliphatic carbocycles. The number of halogens is 5. The van der Waals surface area contributed by atoms with Gasteiger partial charge >= 0.3 is 6.18 Å². The van der Waals surface area contributed by atoms with Gasteiger partial charge in [0.1, 0.15) is 17.6 Å². The zero-order chi connectivity index (χ0) is 29.0. The largest absolute Gasteiger partial charge is 0.429 e. The van der Waals surface area contributed by atoms with Crippen LogP contribution in [0.1, 0.15) is 44.4 Å². The second kappa shape index (κ2) is 12.5. The van der Waals surface area contributed by atoms with Gasteiger partial charge in [0.25, 0.3) is 0 Å². The quantitative estimate of drug-likeness (QED) is 0.291. The molecule has 14 heteroatoms. The van der Waals surface area contributed by atoms with E-state index in [1.165, 1.54) is 19.2 Å². The minimum atomic E-state index is -4.60. The number of carbonyl (C=O) groups excluding carboxylic acids is 1. The summed E-state index contributed by atoms with van der Waals surface area (Å²) in [6, 6.07) is 4.41. The standard InChI is InChI=1S/C25H26BrF4N5O3S/c1-3-23(25(28,29)30)33-13-17(11-31)21-10-16(20(26)14-32-21)12-34-24(36)22-9-4-15(2)35(22)39(37,38)19-7-5-18(27)6-8-19/h5-8,10-11,13-15,22,31H,3-4,9,12H2,1-2H3,(H,34,36)/b17-13+,31-11?,33-23?. The lowest BCUT2D eigenvalue weighted by molar-refractivity contribution is -0.124. The average molecular weight is 632 g/mol. The van der Waals surface area contributed by atoms with E-state index in [1.807, 2.05) is 0 Å². The number of carbonyl (C=O) groups is 1. The first-order chi connectivity index (χ1) is 18.3. The predicted octanol–water partition coefficient (Wildman–Crippen LogP) is 5.24. The molecule has 0 saturated carbocycles. The van der Waals surface area contributed by atoms with Crippen molar-refractivity contribution in [3.8, 4) is 0 Å². The van der Waals surface area contributed by atoms with Crippen molar-refractivity contribution in [2.45, 2.75) is 62.8 Å². The highest BCUT2D eigenvalue weighted by Gasteiger charge is 2.43.